The molecule has 4 heteroatoms. The summed E-state index contributed by atoms with van der Waals surface area (Å²) in [5, 5.41) is 8.89. The molecule has 0 saturated carbocycles. The summed E-state index contributed by atoms with van der Waals surface area (Å²) in [7, 11) is 0. The topological polar surface area (TPSA) is 49.2 Å². The molecule has 0 aliphatic heterocycles. The van der Waals surface area contributed by atoms with Crippen molar-refractivity contribution in [3.8, 4) is 0 Å². The minimum absolute atomic E-state index is 0.101. The van der Waals surface area contributed by atoms with Gasteiger partial charge in [0.15, 0.2) is 0 Å². The fourth-order valence-electron chi connectivity index (χ4n) is 1.27. The molecule has 0 radical (unpaired) electrons. The molecule has 0 aliphatic carbocycles. The van der Waals surface area contributed by atoms with Crippen molar-refractivity contribution >= 4 is 5.82 Å². The van der Waals surface area contributed by atoms with Crippen LogP contribution in [0.1, 0.15) is 5.69 Å². The predicted octanol–water partition coefficient (Wildman–Crippen LogP) is 0.770. The molecule has 0 bridgehead atoms. The lowest BCUT2D eigenvalue weighted by atomic mass is 10.3. The Kier molecular flexibility index (Phi) is 4.07. The summed E-state index contributed by atoms with van der Waals surface area (Å²) in [6, 6.07) is 0. The van der Waals surface area contributed by atoms with E-state index >= 15 is 0 Å². The number of hydrogen-bond donors (Lipinski definition) is 1. The normalized spacial score (nSPS) is 9.86. The van der Waals surface area contributed by atoms with Gasteiger partial charge in [-0.3, -0.25) is 4.98 Å². The van der Waals surface area contributed by atoms with Gasteiger partial charge in [0.2, 0.25) is 0 Å². The van der Waals surface area contributed by atoms with E-state index in [-0.39, 0.29) is 6.61 Å². The predicted molar refractivity (Wildman–Crippen MR) is 56.3 cm³/mol. The molecule has 0 aliphatic rings. The summed E-state index contributed by atoms with van der Waals surface area (Å²) in [6.07, 6.45) is 5.09. The van der Waals surface area contributed by atoms with Gasteiger partial charge in [0.1, 0.15) is 5.82 Å². The Labute approximate surface area is 83.9 Å². The number of aliphatic hydroxyl groups is 1. The van der Waals surface area contributed by atoms with Crippen molar-refractivity contribution in [2.75, 3.05) is 24.6 Å². The van der Waals surface area contributed by atoms with Gasteiger partial charge in [0.25, 0.3) is 0 Å². The third kappa shape index (κ3) is 2.53. The highest BCUT2D eigenvalue weighted by atomic mass is 16.3. The highest BCUT2D eigenvalue weighted by molar-refractivity contribution is 5.42. The van der Waals surface area contributed by atoms with E-state index < -0.39 is 0 Å². The van der Waals surface area contributed by atoms with Crippen LogP contribution in [0.5, 0.6) is 0 Å². The first kappa shape index (κ1) is 10.7. The van der Waals surface area contributed by atoms with Crippen molar-refractivity contribution in [1.29, 1.82) is 0 Å². The number of aliphatic hydroxyl groups excluding tert-OH is 1. The Balaban J connectivity index is 2.86. The second-order valence-electron chi connectivity index (χ2n) is 2.92. The minimum atomic E-state index is 0.101. The van der Waals surface area contributed by atoms with Crippen molar-refractivity contribution in [3.05, 3.63) is 30.7 Å². The van der Waals surface area contributed by atoms with Crippen LogP contribution in [0.3, 0.4) is 0 Å². The Hall–Kier alpha value is -1.42. The molecule has 1 aromatic heterocycles. The van der Waals surface area contributed by atoms with Gasteiger partial charge >= 0.3 is 0 Å². The van der Waals surface area contributed by atoms with Crippen molar-refractivity contribution in [3.63, 3.8) is 0 Å². The van der Waals surface area contributed by atoms with Crippen LogP contribution in [0, 0.1) is 6.92 Å². The van der Waals surface area contributed by atoms with Gasteiger partial charge in [-0.15, -0.1) is 6.58 Å². The molecule has 0 saturated heterocycles. The Bertz CT molecular complexity index is 301. The lowest BCUT2D eigenvalue weighted by Gasteiger charge is -2.21. The van der Waals surface area contributed by atoms with E-state index in [9.17, 15) is 0 Å². The summed E-state index contributed by atoms with van der Waals surface area (Å²) in [6.45, 7) is 6.88. The van der Waals surface area contributed by atoms with Crippen LogP contribution in [-0.2, 0) is 0 Å². The van der Waals surface area contributed by atoms with Gasteiger partial charge in [-0.2, -0.15) is 0 Å². The van der Waals surface area contributed by atoms with E-state index in [1.165, 1.54) is 0 Å². The van der Waals surface area contributed by atoms with E-state index in [2.05, 4.69) is 16.5 Å². The third-order valence-electron chi connectivity index (χ3n) is 1.87. The number of aryl methyl sites for hydroxylation is 1. The molecule has 0 unspecified atom stereocenters. The maximum Gasteiger partial charge on any atom is 0.150 e. The Morgan fingerprint density at radius 2 is 2.21 bits per heavy atom. The SMILES string of the molecule is C=CCN(CCO)c1nccnc1C. The molecule has 1 aromatic rings. The molecule has 4 nitrogen and oxygen atoms in total. The van der Waals surface area contributed by atoms with E-state index in [1.807, 2.05) is 11.8 Å². The first-order chi connectivity index (χ1) is 6.79. The lowest BCUT2D eigenvalue weighted by Crippen LogP contribution is -2.28. The number of anilines is 1. The van der Waals surface area contributed by atoms with Gasteiger partial charge in [-0.05, 0) is 6.92 Å². The second kappa shape index (κ2) is 5.34. The largest absolute Gasteiger partial charge is 0.395 e. The quantitative estimate of drug-likeness (QED) is 0.702. The zero-order chi connectivity index (χ0) is 10.4. The van der Waals surface area contributed by atoms with E-state index in [4.69, 9.17) is 5.11 Å². The fraction of sp³-hybridized carbons (Fsp3) is 0.400. The highest BCUT2D eigenvalue weighted by Gasteiger charge is 2.08. The van der Waals surface area contributed by atoms with Gasteiger partial charge in [0.05, 0.1) is 12.3 Å². The minimum Gasteiger partial charge on any atom is -0.395 e. The Morgan fingerprint density at radius 3 is 2.79 bits per heavy atom. The van der Waals surface area contributed by atoms with Crippen LogP contribution in [0.15, 0.2) is 25.0 Å². The lowest BCUT2D eigenvalue weighted by molar-refractivity contribution is 0.302. The van der Waals surface area contributed by atoms with Crippen molar-refractivity contribution in [2.24, 2.45) is 0 Å². The molecule has 0 spiro atoms. The molecule has 0 amide bonds. The zero-order valence-corrected chi connectivity index (χ0v) is 8.35. The van der Waals surface area contributed by atoms with E-state index in [0.717, 1.165) is 11.5 Å². The fourth-order valence-corrected chi connectivity index (χ4v) is 1.27. The summed E-state index contributed by atoms with van der Waals surface area (Å²) in [5.74, 6) is 0.807. The average Bonchev–Trinajstić information content (AvgIpc) is 2.18. The highest BCUT2D eigenvalue weighted by Crippen LogP contribution is 2.12. The molecular weight excluding hydrogens is 178 g/mol. The standard InChI is InChI=1S/C10H15N3O/c1-3-6-13(7-8-14)10-9(2)11-4-5-12-10/h3-5,14H,1,6-8H2,2H3. The van der Waals surface area contributed by atoms with Crippen molar-refractivity contribution in [1.82, 2.24) is 9.97 Å². The maximum atomic E-state index is 8.89. The molecule has 1 N–H and O–H groups in total. The molecule has 0 atom stereocenters. The van der Waals surface area contributed by atoms with Crippen molar-refractivity contribution < 1.29 is 5.11 Å². The molecule has 0 aromatic carbocycles. The molecule has 1 rings (SSSR count). The summed E-state index contributed by atoms with van der Waals surface area (Å²) >= 11 is 0. The second-order valence-corrected chi connectivity index (χ2v) is 2.92. The van der Waals surface area contributed by atoms with Crippen LogP contribution in [-0.4, -0.2) is 34.8 Å². The summed E-state index contributed by atoms with van der Waals surface area (Å²) in [4.78, 5) is 10.3. The molecule has 0 fully saturated rings. The molecule has 76 valence electrons. The van der Waals surface area contributed by atoms with E-state index in [0.29, 0.717) is 13.1 Å². The van der Waals surface area contributed by atoms with Gasteiger partial charge in [0, 0.05) is 25.5 Å². The summed E-state index contributed by atoms with van der Waals surface area (Å²) < 4.78 is 0. The van der Waals surface area contributed by atoms with Gasteiger partial charge in [-0.25, -0.2) is 4.98 Å². The third-order valence-corrected chi connectivity index (χ3v) is 1.87. The number of nitrogens with zero attached hydrogens (tertiary/aromatic N) is 3. The Morgan fingerprint density at radius 1 is 1.50 bits per heavy atom. The average molecular weight is 193 g/mol. The molecule has 1 heterocycles. The monoisotopic (exact) mass is 193 g/mol. The molecular formula is C10H15N3O. The molecule has 14 heavy (non-hydrogen) atoms. The number of rotatable bonds is 5. The smallest absolute Gasteiger partial charge is 0.150 e. The zero-order valence-electron chi connectivity index (χ0n) is 8.35. The first-order valence-corrected chi connectivity index (χ1v) is 4.54. The van der Waals surface area contributed by atoms with Gasteiger partial charge < -0.3 is 10.0 Å². The van der Waals surface area contributed by atoms with Crippen LogP contribution >= 0.6 is 0 Å². The van der Waals surface area contributed by atoms with Gasteiger partial charge in [-0.1, -0.05) is 6.08 Å². The number of aromatic nitrogens is 2. The van der Waals surface area contributed by atoms with Crippen LogP contribution in [0.25, 0.3) is 0 Å². The summed E-state index contributed by atoms with van der Waals surface area (Å²) in [5.41, 5.74) is 0.864. The van der Waals surface area contributed by atoms with E-state index in [1.54, 1.807) is 18.5 Å². The maximum absolute atomic E-state index is 8.89. The van der Waals surface area contributed by atoms with Crippen LogP contribution in [0.4, 0.5) is 5.82 Å². The number of hydrogen-bond acceptors (Lipinski definition) is 4. The van der Waals surface area contributed by atoms with Crippen LogP contribution < -0.4 is 4.90 Å². The first-order valence-electron chi connectivity index (χ1n) is 4.54. The van der Waals surface area contributed by atoms with Crippen molar-refractivity contribution in [2.45, 2.75) is 6.92 Å². The van der Waals surface area contributed by atoms with Crippen LogP contribution in [0.2, 0.25) is 0 Å².